The quantitative estimate of drug-likeness (QED) is 0.871. The maximum Gasteiger partial charge on any atom is 0.228 e. The summed E-state index contributed by atoms with van der Waals surface area (Å²) in [6.45, 7) is 4.07. The molecule has 1 amide bonds. The smallest absolute Gasteiger partial charge is 0.228 e. The van der Waals surface area contributed by atoms with Gasteiger partial charge in [0.2, 0.25) is 5.91 Å². The molecule has 132 valence electrons. The Bertz CT molecular complexity index is 546. The first-order chi connectivity index (χ1) is 11.8. The highest BCUT2D eigenvalue weighted by atomic mass is 16.2. The maximum atomic E-state index is 12.7. The van der Waals surface area contributed by atoms with Gasteiger partial charge in [0, 0.05) is 38.1 Å². The van der Waals surface area contributed by atoms with Gasteiger partial charge in [0.15, 0.2) is 0 Å². The van der Waals surface area contributed by atoms with Crippen molar-refractivity contribution in [3.8, 4) is 0 Å². The van der Waals surface area contributed by atoms with Crippen LogP contribution in [0.15, 0.2) is 18.7 Å². The molecule has 1 unspecified atom stereocenters. The average molecular weight is 330 g/mol. The number of amides is 1. The van der Waals surface area contributed by atoms with Crippen LogP contribution in [0.5, 0.6) is 0 Å². The molecule has 1 aromatic rings. The number of hydrogen-bond acceptors (Lipinski definition) is 3. The van der Waals surface area contributed by atoms with E-state index < -0.39 is 0 Å². The summed E-state index contributed by atoms with van der Waals surface area (Å²) in [5.41, 5.74) is -0.166. The van der Waals surface area contributed by atoms with Crippen molar-refractivity contribution in [1.29, 1.82) is 0 Å². The minimum atomic E-state index is -0.166. The monoisotopic (exact) mass is 330 g/mol. The van der Waals surface area contributed by atoms with Gasteiger partial charge in [-0.15, -0.1) is 0 Å². The molecule has 4 rings (SSSR count). The van der Waals surface area contributed by atoms with Gasteiger partial charge < -0.3 is 14.8 Å². The summed E-state index contributed by atoms with van der Waals surface area (Å²) in [5.74, 6) is 0.890. The number of aromatic nitrogens is 2. The van der Waals surface area contributed by atoms with Crippen molar-refractivity contribution in [1.82, 2.24) is 19.8 Å². The van der Waals surface area contributed by atoms with Gasteiger partial charge in [-0.3, -0.25) is 4.79 Å². The van der Waals surface area contributed by atoms with Crippen LogP contribution < -0.4 is 5.32 Å². The van der Waals surface area contributed by atoms with Crippen molar-refractivity contribution in [3.05, 3.63) is 18.7 Å². The second-order valence-electron chi connectivity index (χ2n) is 8.17. The molecule has 0 bridgehead atoms. The normalized spacial score (nSPS) is 27.2. The molecular formula is C19H30N4O. The predicted molar refractivity (Wildman–Crippen MR) is 93.5 cm³/mol. The van der Waals surface area contributed by atoms with Crippen molar-refractivity contribution in [2.24, 2.45) is 11.3 Å². The number of carbonyl (C=O) groups is 1. The molecule has 0 radical (unpaired) electrons. The molecule has 1 saturated heterocycles. The Balaban J connectivity index is 1.26. The second kappa shape index (κ2) is 6.87. The van der Waals surface area contributed by atoms with Crippen LogP contribution in [-0.2, 0) is 11.3 Å². The molecule has 0 spiro atoms. The molecule has 1 aromatic heterocycles. The summed E-state index contributed by atoms with van der Waals surface area (Å²) in [7, 11) is 0. The third-order valence-electron chi connectivity index (χ3n) is 6.32. The van der Waals surface area contributed by atoms with Crippen LogP contribution in [0, 0.1) is 11.3 Å². The summed E-state index contributed by atoms with van der Waals surface area (Å²) < 4.78 is 2.04. The Hall–Kier alpha value is -1.36. The molecule has 2 saturated carbocycles. The summed E-state index contributed by atoms with van der Waals surface area (Å²) in [6.07, 6.45) is 15.7. The van der Waals surface area contributed by atoms with E-state index in [9.17, 15) is 4.79 Å². The highest BCUT2D eigenvalue weighted by Crippen LogP contribution is 2.47. The molecule has 5 heteroatoms. The van der Waals surface area contributed by atoms with E-state index >= 15 is 0 Å². The van der Waals surface area contributed by atoms with Crippen molar-refractivity contribution in [3.63, 3.8) is 0 Å². The molecule has 2 aliphatic carbocycles. The Morgan fingerprint density at radius 3 is 2.75 bits per heavy atom. The van der Waals surface area contributed by atoms with Gasteiger partial charge in [-0.05, 0) is 51.0 Å². The van der Waals surface area contributed by atoms with Crippen molar-refractivity contribution in [2.75, 3.05) is 19.6 Å². The van der Waals surface area contributed by atoms with Crippen LogP contribution in [0.1, 0.15) is 51.4 Å². The molecule has 2 heterocycles. The average Bonchev–Trinajstić information content (AvgIpc) is 3.03. The first kappa shape index (κ1) is 16.1. The van der Waals surface area contributed by atoms with Crippen LogP contribution in [0.25, 0.3) is 0 Å². The predicted octanol–water partition coefficient (Wildman–Crippen LogP) is 2.43. The van der Waals surface area contributed by atoms with Gasteiger partial charge in [0.25, 0.3) is 0 Å². The van der Waals surface area contributed by atoms with Crippen LogP contribution >= 0.6 is 0 Å². The van der Waals surface area contributed by atoms with Gasteiger partial charge in [-0.1, -0.05) is 12.8 Å². The number of carbonyl (C=O) groups excluding carboxylic acids is 1. The lowest BCUT2D eigenvalue weighted by molar-refractivity contribution is -0.127. The standard InChI is InChI=1S/C19H30N4O/c24-18(19(7-8-19)14-22-11-9-20-15-22)21-12-16-4-3-10-23(13-16)17-5-1-2-6-17/h9,11,15-17H,1-8,10,12-14H2,(H,21,24). The van der Waals surface area contributed by atoms with Crippen LogP contribution in [-0.4, -0.2) is 46.0 Å². The van der Waals surface area contributed by atoms with Gasteiger partial charge in [-0.25, -0.2) is 4.98 Å². The van der Waals surface area contributed by atoms with Crippen molar-refractivity contribution >= 4 is 5.91 Å². The van der Waals surface area contributed by atoms with Crippen LogP contribution in [0.4, 0.5) is 0 Å². The number of hydrogen-bond donors (Lipinski definition) is 1. The van der Waals surface area contributed by atoms with E-state index in [1.54, 1.807) is 6.20 Å². The molecule has 0 aromatic carbocycles. The molecule has 3 aliphatic rings. The van der Waals surface area contributed by atoms with Gasteiger partial charge in [0.05, 0.1) is 11.7 Å². The molecule has 3 fully saturated rings. The Morgan fingerprint density at radius 1 is 1.21 bits per heavy atom. The minimum Gasteiger partial charge on any atom is -0.355 e. The van der Waals surface area contributed by atoms with E-state index in [0.717, 1.165) is 32.0 Å². The van der Waals surface area contributed by atoms with Crippen molar-refractivity contribution in [2.45, 2.75) is 64.0 Å². The summed E-state index contributed by atoms with van der Waals surface area (Å²) in [5, 5.41) is 3.28. The fraction of sp³-hybridized carbons (Fsp3) is 0.789. The largest absolute Gasteiger partial charge is 0.355 e. The molecular weight excluding hydrogens is 300 g/mol. The zero-order valence-electron chi connectivity index (χ0n) is 14.6. The lowest BCUT2D eigenvalue weighted by Crippen LogP contribution is -2.46. The first-order valence-corrected chi connectivity index (χ1v) is 9.73. The van der Waals surface area contributed by atoms with Crippen molar-refractivity contribution < 1.29 is 4.79 Å². The van der Waals surface area contributed by atoms with E-state index in [0.29, 0.717) is 5.92 Å². The number of nitrogens with one attached hydrogen (secondary N) is 1. The third-order valence-corrected chi connectivity index (χ3v) is 6.32. The first-order valence-electron chi connectivity index (χ1n) is 9.73. The second-order valence-corrected chi connectivity index (χ2v) is 8.17. The van der Waals surface area contributed by atoms with Crippen LogP contribution in [0.2, 0.25) is 0 Å². The number of rotatable bonds is 6. The molecule has 1 N–H and O–H groups in total. The third kappa shape index (κ3) is 3.51. The number of piperidine rings is 1. The Morgan fingerprint density at radius 2 is 2.04 bits per heavy atom. The fourth-order valence-electron chi connectivity index (χ4n) is 4.63. The summed E-state index contributed by atoms with van der Waals surface area (Å²) in [6, 6.07) is 0.819. The zero-order chi connectivity index (χ0) is 16.4. The number of imidazole rings is 1. The fourth-order valence-corrected chi connectivity index (χ4v) is 4.63. The molecule has 5 nitrogen and oxygen atoms in total. The zero-order valence-corrected chi connectivity index (χ0v) is 14.6. The highest BCUT2D eigenvalue weighted by molar-refractivity contribution is 5.85. The lowest BCUT2D eigenvalue weighted by Gasteiger charge is -2.37. The van der Waals surface area contributed by atoms with E-state index in [1.807, 2.05) is 17.1 Å². The summed E-state index contributed by atoms with van der Waals surface area (Å²) >= 11 is 0. The van der Waals surface area contributed by atoms with Crippen LogP contribution in [0.3, 0.4) is 0 Å². The molecule has 1 atom stereocenters. The minimum absolute atomic E-state index is 0.166. The van der Waals surface area contributed by atoms with E-state index in [-0.39, 0.29) is 11.3 Å². The van der Waals surface area contributed by atoms with E-state index in [2.05, 4.69) is 15.2 Å². The van der Waals surface area contributed by atoms with Gasteiger partial charge >= 0.3 is 0 Å². The summed E-state index contributed by atoms with van der Waals surface area (Å²) in [4.78, 5) is 19.5. The highest BCUT2D eigenvalue weighted by Gasteiger charge is 2.50. The topological polar surface area (TPSA) is 50.2 Å². The van der Waals surface area contributed by atoms with E-state index in [4.69, 9.17) is 0 Å². The number of likely N-dealkylation sites (tertiary alicyclic amines) is 1. The maximum absolute atomic E-state index is 12.7. The molecule has 24 heavy (non-hydrogen) atoms. The number of nitrogens with zero attached hydrogens (tertiary/aromatic N) is 3. The van der Waals surface area contributed by atoms with Gasteiger partial charge in [0.1, 0.15) is 0 Å². The van der Waals surface area contributed by atoms with E-state index in [1.165, 1.54) is 51.6 Å². The van der Waals surface area contributed by atoms with Gasteiger partial charge in [-0.2, -0.15) is 0 Å². The SMILES string of the molecule is O=C(NCC1CCCN(C2CCCC2)C1)C1(Cn2ccnc2)CC1. The lowest BCUT2D eigenvalue weighted by atomic mass is 9.95. The Labute approximate surface area is 144 Å². The Kier molecular flexibility index (Phi) is 4.61. The molecule has 1 aliphatic heterocycles.